The summed E-state index contributed by atoms with van der Waals surface area (Å²) in [7, 11) is 0. The van der Waals surface area contributed by atoms with E-state index in [2.05, 4.69) is 25.9 Å². The molecule has 23 heavy (non-hydrogen) atoms. The van der Waals surface area contributed by atoms with Crippen LogP contribution in [0.25, 0.3) is 11.4 Å². The molecular weight excluding hydrogens is 290 g/mol. The average molecular weight is 313 g/mol. The van der Waals surface area contributed by atoms with Crippen molar-refractivity contribution in [2.75, 3.05) is 5.32 Å². The number of benzene rings is 1. The molecule has 2 aromatic rings. The highest BCUT2D eigenvalue weighted by Gasteiger charge is 2.47. The maximum atomic E-state index is 11.3. The molecule has 0 amide bonds. The zero-order valence-corrected chi connectivity index (χ0v) is 13.2. The Labute approximate surface area is 135 Å². The Morgan fingerprint density at radius 1 is 1.17 bits per heavy atom. The molecule has 2 aliphatic rings. The van der Waals surface area contributed by atoms with Gasteiger partial charge in [0.2, 0.25) is 0 Å². The predicted molar refractivity (Wildman–Crippen MR) is 87.8 cm³/mol. The molecule has 0 spiro atoms. The summed E-state index contributed by atoms with van der Waals surface area (Å²) in [6.07, 6.45) is 7.86. The average Bonchev–Trinajstić information content (AvgIpc) is 3.10. The summed E-state index contributed by atoms with van der Waals surface area (Å²) < 4.78 is 0. The van der Waals surface area contributed by atoms with Crippen molar-refractivity contribution in [2.24, 2.45) is 5.92 Å². The van der Waals surface area contributed by atoms with E-state index < -0.39 is 5.60 Å². The number of aromatic nitrogens is 4. The Balaban J connectivity index is 1.56. The molecule has 6 nitrogen and oxygen atoms in total. The SMILES string of the molecule is O[C@]12CCCC[C@@H]1CCCC2Nc1cccc(-c2nnn[nH]2)c1. The van der Waals surface area contributed by atoms with Crippen LogP contribution in [0.2, 0.25) is 0 Å². The number of nitrogens with one attached hydrogen (secondary N) is 2. The number of tetrazole rings is 1. The third-order valence-electron chi connectivity index (χ3n) is 5.56. The van der Waals surface area contributed by atoms with Crippen molar-refractivity contribution in [2.45, 2.75) is 56.6 Å². The first-order valence-corrected chi connectivity index (χ1v) is 8.59. The van der Waals surface area contributed by atoms with Crippen molar-refractivity contribution < 1.29 is 5.11 Å². The molecule has 3 N–H and O–H groups in total. The van der Waals surface area contributed by atoms with Crippen LogP contribution in [-0.4, -0.2) is 37.4 Å². The van der Waals surface area contributed by atoms with Gasteiger partial charge in [0.25, 0.3) is 0 Å². The van der Waals surface area contributed by atoms with Crippen molar-refractivity contribution in [1.29, 1.82) is 0 Å². The van der Waals surface area contributed by atoms with Crippen molar-refractivity contribution in [3.63, 3.8) is 0 Å². The van der Waals surface area contributed by atoms with Crippen LogP contribution in [0.15, 0.2) is 24.3 Å². The van der Waals surface area contributed by atoms with Gasteiger partial charge in [0.15, 0.2) is 5.82 Å². The van der Waals surface area contributed by atoms with Gasteiger partial charge in [-0.1, -0.05) is 31.4 Å². The maximum absolute atomic E-state index is 11.3. The van der Waals surface area contributed by atoms with Crippen molar-refractivity contribution in [1.82, 2.24) is 20.6 Å². The van der Waals surface area contributed by atoms with Crippen LogP contribution in [0.5, 0.6) is 0 Å². The van der Waals surface area contributed by atoms with E-state index in [-0.39, 0.29) is 6.04 Å². The van der Waals surface area contributed by atoms with Gasteiger partial charge in [-0.25, -0.2) is 5.10 Å². The van der Waals surface area contributed by atoms with Crippen molar-refractivity contribution >= 4 is 5.69 Å². The van der Waals surface area contributed by atoms with E-state index >= 15 is 0 Å². The summed E-state index contributed by atoms with van der Waals surface area (Å²) in [5.74, 6) is 1.11. The molecule has 122 valence electrons. The number of aliphatic hydroxyl groups is 1. The minimum absolute atomic E-state index is 0.129. The van der Waals surface area contributed by atoms with E-state index in [4.69, 9.17) is 0 Å². The first-order chi connectivity index (χ1) is 11.3. The van der Waals surface area contributed by atoms with Gasteiger partial charge in [-0.2, -0.15) is 0 Å². The van der Waals surface area contributed by atoms with E-state index in [1.807, 2.05) is 24.3 Å². The Morgan fingerprint density at radius 2 is 2.09 bits per heavy atom. The van der Waals surface area contributed by atoms with Gasteiger partial charge in [-0.05, 0) is 54.2 Å². The highest BCUT2D eigenvalue weighted by molar-refractivity contribution is 5.62. The van der Waals surface area contributed by atoms with Gasteiger partial charge in [0.1, 0.15) is 0 Å². The number of hydrogen-bond donors (Lipinski definition) is 3. The Morgan fingerprint density at radius 3 is 2.96 bits per heavy atom. The van der Waals surface area contributed by atoms with E-state index in [0.717, 1.165) is 30.5 Å². The summed E-state index contributed by atoms with van der Waals surface area (Å²) in [6, 6.07) is 8.18. The fourth-order valence-corrected chi connectivity index (χ4v) is 4.36. The van der Waals surface area contributed by atoms with Gasteiger partial charge in [-0.15, -0.1) is 5.10 Å². The zero-order valence-electron chi connectivity index (χ0n) is 13.2. The number of hydrogen-bond acceptors (Lipinski definition) is 5. The lowest BCUT2D eigenvalue weighted by Crippen LogP contribution is -2.56. The molecular formula is C17H23N5O. The molecule has 0 radical (unpaired) electrons. The molecule has 2 saturated carbocycles. The molecule has 4 rings (SSSR count). The summed E-state index contributed by atoms with van der Waals surface area (Å²) in [5.41, 5.74) is 1.41. The predicted octanol–water partition coefficient (Wildman–Crippen LogP) is 2.75. The summed E-state index contributed by atoms with van der Waals surface area (Å²) >= 11 is 0. The summed E-state index contributed by atoms with van der Waals surface area (Å²) in [6.45, 7) is 0. The molecule has 6 heteroatoms. The lowest BCUT2D eigenvalue weighted by Gasteiger charge is -2.49. The van der Waals surface area contributed by atoms with E-state index in [9.17, 15) is 5.11 Å². The van der Waals surface area contributed by atoms with Crippen LogP contribution in [0.3, 0.4) is 0 Å². The van der Waals surface area contributed by atoms with Gasteiger partial charge in [0.05, 0.1) is 11.6 Å². The van der Waals surface area contributed by atoms with Gasteiger partial charge < -0.3 is 10.4 Å². The molecule has 0 saturated heterocycles. The highest BCUT2D eigenvalue weighted by atomic mass is 16.3. The van der Waals surface area contributed by atoms with Crippen LogP contribution in [-0.2, 0) is 0 Å². The molecule has 2 aliphatic carbocycles. The molecule has 1 aromatic heterocycles. The largest absolute Gasteiger partial charge is 0.387 e. The third-order valence-corrected chi connectivity index (χ3v) is 5.56. The monoisotopic (exact) mass is 313 g/mol. The molecule has 1 unspecified atom stereocenters. The summed E-state index contributed by atoms with van der Waals surface area (Å²) in [5, 5.41) is 28.9. The Kier molecular flexibility index (Phi) is 3.77. The topological polar surface area (TPSA) is 86.7 Å². The van der Waals surface area contributed by atoms with E-state index in [1.54, 1.807) is 0 Å². The lowest BCUT2D eigenvalue weighted by molar-refractivity contribution is -0.0835. The molecule has 0 bridgehead atoms. The number of fused-ring (bicyclic) bond motifs is 1. The molecule has 3 atom stereocenters. The standard InChI is InChI=1S/C17H23N5O/c23-17-10-2-1-6-13(17)7-4-9-15(17)18-14-8-3-5-12(11-14)16-19-21-22-20-16/h3,5,8,11,13,15,18,23H,1-2,4,6-7,9-10H2,(H,19,20,21,22)/t13-,15?,17-/m1/s1. The number of rotatable bonds is 3. The lowest BCUT2D eigenvalue weighted by atomic mass is 9.65. The first-order valence-electron chi connectivity index (χ1n) is 8.59. The number of nitrogens with zero attached hydrogens (tertiary/aromatic N) is 3. The Bertz CT molecular complexity index is 657. The van der Waals surface area contributed by atoms with Crippen LogP contribution in [0.1, 0.15) is 44.9 Å². The molecule has 0 aliphatic heterocycles. The fraction of sp³-hybridized carbons (Fsp3) is 0.588. The van der Waals surface area contributed by atoms with Crippen molar-refractivity contribution in [3.8, 4) is 11.4 Å². The second-order valence-electron chi connectivity index (χ2n) is 6.89. The van der Waals surface area contributed by atoms with Gasteiger partial charge in [-0.3, -0.25) is 0 Å². The second-order valence-corrected chi connectivity index (χ2v) is 6.89. The molecule has 2 fully saturated rings. The second kappa shape index (κ2) is 5.92. The van der Waals surface area contributed by atoms with Gasteiger partial charge >= 0.3 is 0 Å². The smallest absolute Gasteiger partial charge is 0.179 e. The number of aromatic amines is 1. The number of H-pyrrole nitrogens is 1. The van der Waals surface area contributed by atoms with Crippen LogP contribution in [0, 0.1) is 5.92 Å². The minimum atomic E-state index is -0.555. The van der Waals surface area contributed by atoms with Gasteiger partial charge in [0, 0.05) is 11.3 Å². The van der Waals surface area contributed by atoms with Crippen LogP contribution >= 0.6 is 0 Å². The van der Waals surface area contributed by atoms with E-state index in [0.29, 0.717) is 11.7 Å². The Hall–Kier alpha value is -1.95. The summed E-state index contributed by atoms with van der Waals surface area (Å²) in [4.78, 5) is 0. The zero-order chi connectivity index (χ0) is 15.7. The normalized spacial score (nSPS) is 30.7. The molecule has 1 heterocycles. The third kappa shape index (κ3) is 2.72. The van der Waals surface area contributed by atoms with Crippen LogP contribution in [0.4, 0.5) is 5.69 Å². The minimum Gasteiger partial charge on any atom is -0.387 e. The maximum Gasteiger partial charge on any atom is 0.179 e. The van der Waals surface area contributed by atoms with Crippen molar-refractivity contribution in [3.05, 3.63) is 24.3 Å². The fourth-order valence-electron chi connectivity index (χ4n) is 4.36. The number of anilines is 1. The molecule has 1 aromatic carbocycles. The first kappa shape index (κ1) is 14.6. The van der Waals surface area contributed by atoms with Crippen LogP contribution < -0.4 is 5.32 Å². The van der Waals surface area contributed by atoms with E-state index in [1.165, 1.54) is 25.7 Å². The quantitative estimate of drug-likeness (QED) is 0.811. The highest BCUT2D eigenvalue weighted by Crippen LogP contribution is 2.44.